The Morgan fingerprint density at radius 3 is 2.35 bits per heavy atom. The van der Waals surface area contributed by atoms with Crippen molar-refractivity contribution in [2.24, 2.45) is 0 Å². The first-order valence-corrected chi connectivity index (χ1v) is 9.62. The Hall–Kier alpha value is -1.60. The molecule has 0 saturated carbocycles. The molecule has 0 unspecified atom stereocenters. The quantitative estimate of drug-likeness (QED) is 0.786. The lowest BCUT2D eigenvalue weighted by Gasteiger charge is -2.26. The minimum absolute atomic E-state index is 0.0191. The SMILES string of the molecule is CN(Cc1ccc(OCC(=O)N2CCCCC2)cc1)S(C)(=O)=O. The Morgan fingerprint density at radius 2 is 1.78 bits per heavy atom. The molecule has 1 aromatic rings. The van der Waals surface area contributed by atoms with Crippen LogP contribution in [0, 0.1) is 0 Å². The van der Waals surface area contributed by atoms with Gasteiger partial charge in [0.25, 0.3) is 5.91 Å². The van der Waals surface area contributed by atoms with Gasteiger partial charge in [0.1, 0.15) is 5.75 Å². The van der Waals surface area contributed by atoms with E-state index in [0.717, 1.165) is 31.5 Å². The summed E-state index contributed by atoms with van der Waals surface area (Å²) >= 11 is 0. The van der Waals surface area contributed by atoms with Crippen LogP contribution in [0.4, 0.5) is 0 Å². The zero-order valence-corrected chi connectivity index (χ0v) is 14.5. The standard InChI is InChI=1S/C16H24N2O4S/c1-17(23(2,20)21)12-14-6-8-15(9-7-14)22-13-16(19)18-10-4-3-5-11-18/h6-9H,3-5,10-13H2,1-2H3. The van der Waals surface area contributed by atoms with Gasteiger partial charge >= 0.3 is 0 Å². The monoisotopic (exact) mass is 340 g/mol. The number of ether oxygens (including phenoxy) is 1. The summed E-state index contributed by atoms with van der Waals surface area (Å²) in [5.74, 6) is 0.631. The maximum absolute atomic E-state index is 12.0. The second kappa shape index (κ2) is 7.79. The van der Waals surface area contributed by atoms with Gasteiger partial charge in [0.05, 0.1) is 6.26 Å². The maximum Gasteiger partial charge on any atom is 0.260 e. The van der Waals surface area contributed by atoms with E-state index in [4.69, 9.17) is 4.74 Å². The largest absolute Gasteiger partial charge is 0.484 e. The summed E-state index contributed by atoms with van der Waals surface area (Å²) in [6.45, 7) is 1.99. The Kier molecular flexibility index (Phi) is 6.01. The third-order valence-electron chi connectivity index (χ3n) is 3.97. The highest BCUT2D eigenvalue weighted by atomic mass is 32.2. The molecule has 0 bridgehead atoms. The highest BCUT2D eigenvalue weighted by Gasteiger charge is 2.16. The molecule has 0 spiro atoms. The lowest BCUT2D eigenvalue weighted by Crippen LogP contribution is -2.38. The normalized spacial score (nSPS) is 15.7. The van der Waals surface area contributed by atoms with Crippen molar-refractivity contribution in [2.45, 2.75) is 25.8 Å². The van der Waals surface area contributed by atoms with Crippen molar-refractivity contribution in [3.63, 3.8) is 0 Å². The zero-order valence-electron chi connectivity index (χ0n) is 13.7. The minimum Gasteiger partial charge on any atom is -0.484 e. The molecule has 1 aliphatic rings. The van der Waals surface area contributed by atoms with Gasteiger partial charge in [-0.2, -0.15) is 0 Å². The summed E-state index contributed by atoms with van der Waals surface area (Å²) in [6.07, 6.45) is 4.49. The molecule has 1 fully saturated rings. The molecule has 0 aliphatic carbocycles. The minimum atomic E-state index is -3.19. The number of carbonyl (C=O) groups excluding carboxylic acids is 1. The Labute approximate surface area is 138 Å². The van der Waals surface area contributed by atoms with Crippen LogP contribution in [-0.2, 0) is 21.4 Å². The van der Waals surface area contributed by atoms with Gasteiger partial charge < -0.3 is 9.64 Å². The highest BCUT2D eigenvalue weighted by molar-refractivity contribution is 7.88. The molecule has 0 aromatic heterocycles. The van der Waals surface area contributed by atoms with Crippen LogP contribution in [0.15, 0.2) is 24.3 Å². The lowest BCUT2D eigenvalue weighted by atomic mass is 10.1. The van der Waals surface area contributed by atoms with E-state index in [9.17, 15) is 13.2 Å². The van der Waals surface area contributed by atoms with Crippen molar-refractivity contribution in [1.82, 2.24) is 9.21 Å². The summed E-state index contributed by atoms with van der Waals surface area (Å²) in [5.41, 5.74) is 0.868. The smallest absolute Gasteiger partial charge is 0.260 e. The van der Waals surface area contributed by atoms with Crippen molar-refractivity contribution in [3.05, 3.63) is 29.8 Å². The van der Waals surface area contributed by atoms with Crippen LogP contribution in [0.1, 0.15) is 24.8 Å². The van der Waals surface area contributed by atoms with E-state index in [0.29, 0.717) is 12.3 Å². The molecule has 7 heteroatoms. The van der Waals surface area contributed by atoms with Crippen LogP contribution in [-0.4, -0.2) is 56.5 Å². The fourth-order valence-corrected chi connectivity index (χ4v) is 2.83. The van der Waals surface area contributed by atoms with Crippen LogP contribution in [0.3, 0.4) is 0 Å². The van der Waals surface area contributed by atoms with Crippen molar-refractivity contribution in [3.8, 4) is 5.75 Å². The Morgan fingerprint density at radius 1 is 1.17 bits per heavy atom. The van der Waals surface area contributed by atoms with Gasteiger partial charge in [0.2, 0.25) is 10.0 Å². The van der Waals surface area contributed by atoms with Gasteiger partial charge in [-0.1, -0.05) is 12.1 Å². The number of hydrogen-bond donors (Lipinski definition) is 0. The average Bonchev–Trinajstić information content (AvgIpc) is 2.54. The van der Waals surface area contributed by atoms with Crippen molar-refractivity contribution < 1.29 is 17.9 Å². The number of nitrogens with zero attached hydrogens (tertiary/aromatic N) is 2. The summed E-state index contributed by atoms with van der Waals surface area (Å²) < 4.78 is 29.6. The second-order valence-electron chi connectivity index (χ2n) is 5.89. The van der Waals surface area contributed by atoms with Gasteiger partial charge in [0, 0.05) is 26.7 Å². The fraction of sp³-hybridized carbons (Fsp3) is 0.562. The molecular weight excluding hydrogens is 316 g/mol. The van der Waals surface area contributed by atoms with E-state index < -0.39 is 10.0 Å². The topological polar surface area (TPSA) is 66.9 Å². The van der Waals surface area contributed by atoms with E-state index in [1.54, 1.807) is 12.1 Å². The number of amides is 1. The molecule has 0 N–H and O–H groups in total. The van der Waals surface area contributed by atoms with Crippen LogP contribution in [0.25, 0.3) is 0 Å². The van der Waals surface area contributed by atoms with Crippen molar-refractivity contribution in [1.29, 1.82) is 0 Å². The molecule has 1 heterocycles. The highest BCUT2D eigenvalue weighted by Crippen LogP contribution is 2.15. The average molecular weight is 340 g/mol. The Bertz CT molecular complexity index is 622. The van der Waals surface area contributed by atoms with Gasteiger partial charge in [-0.05, 0) is 37.0 Å². The molecule has 23 heavy (non-hydrogen) atoms. The third kappa shape index (κ3) is 5.51. The molecule has 128 valence electrons. The summed E-state index contributed by atoms with van der Waals surface area (Å²) in [6, 6.07) is 7.13. The molecule has 6 nitrogen and oxygen atoms in total. The first-order valence-electron chi connectivity index (χ1n) is 7.77. The lowest BCUT2D eigenvalue weighted by molar-refractivity contribution is -0.134. The summed E-state index contributed by atoms with van der Waals surface area (Å²) in [5, 5.41) is 0. The van der Waals surface area contributed by atoms with Gasteiger partial charge in [-0.15, -0.1) is 0 Å². The number of rotatable bonds is 6. The fourth-order valence-electron chi connectivity index (χ4n) is 2.45. The van der Waals surface area contributed by atoms with Crippen LogP contribution in [0.5, 0.6) is 5.75 Å². The number of hydrogen-bond acceptors (Lipinski definition) is 4. The van der Waals surface area contributed by atoms with Crippen LogP contribution < -0.4 is 4.74 Å². The Balaban J connectivity index is 1.84. The van der Waals surface area contributed by atoms with Crippen LogP contribution >= 0.6 is 0 Å². The van der Waals surface area contributed by atoms with Crippen molar-refractivity contribution in [2.75, 3.05) is 33.0 Å². The predicted octanol–water partition coefficient (Wildman–Crippen LogP) is 1.47. The van der Waals surface area contributed by atoms with E-state index in [1.165, 1.54) is 24.0 Å². The van der Waals surface area contributed by atoms with E-state index in [2.05, 4.69) is 0 Å². The first kappa shape index (κ1) is 17.7. The third-order valence-corrected chi connectivity index (χ3v) is 5.23. The maximum atomic E-state index is 12.0. The molecular formula is C16H24N2O4S. The van der Waals surface area contributed by atoms with Gasteiger partial charge in [-0.3, -0.25) is 4.79 Å². The molecule has 0 atom stereocenters. The summed E-state index contributed by atoms with van der Waals surface area (Å²) in [4.78, 5) is 13.9. The van der Waals surface area contributed by atoms with E-state index in [-0.39, 0.29) is 12.5 Å². The molecule has 2 rings (SSSR count). The summed E-state index contributed by atoms with van der Waals surface area (Å²) in [7, 11) is -1.65. The molecule has 1 aliphatic heterocycles. The number of benzene rings is 1. The van der Waals surface area contributed by atoms with Crippen LogP contribution in [0.2, 0.25) is 0 Å². The van der Waals surface area contributed by atoms with E-state index in [1.807, 2.05) is 17.0 Å². The molecule has 1 aromatic carbocycles. The molecule has 1 saturated heterocycles. The number of piperidine rings is 1. The van der Waals surface area contributed by atoms with Gasteiger partial charge in [0.15, 0.2) is 6.61 Å². The second-order valence-corrected chi connectivity index (χ2v) is 7.98. The zero-order chi connectivity index (χ0) is 16.9. The molecule has 1 amide bonds. The van der Waals surface area contributed by atoms with E-state index >= 15 is 0 Å². The number of sulfonamides is 1. The first-order chi connectivity index (χ1) is 10.9. The van der Waals surface area contributed by atoms with Gasteiger partial charge in [-0.25, -0.2) is 12.7 Å². The number of carbonyl (C=O) groups is 1. The molecule has 0 radical (unpaired) electrons. The van der Waals surface area contributed by atoms with Crippen molar-refractivity contribution >= 4 is 15.9 Å². The predicted molar refractivity (Wildman–Crippen MR) is 88.7 cm³/mol. The number of likely N-dealkylation sites (tertiary alicyclic amines) is 1.